The monoisotopic (exact) mass is 291 g/mol. The molecule has 0 aliphatic carbocycles. The summed E-state index contributed by atoms with van der Waals surface area (Å²) in [5, 5.41) is 1.87. The molecule has 0 bridgehead atoms. The van der Waals surface area contributed by atoms with Gasteiger partial charge in [0.05, 0.1) is 0 Å². The summed E-state index contributed by atoms with van der Waals surface area (Å²) >= 11 is 0. The van der Waals surface area contributed by atoms with Crippen molar-refractivity contribution in [1.82, 2.24) is 0 Å². The van der Waals surface area contributed by atoms with Crippen molar-refractivity contribution in [3.63, 3.8) is 0 Å². The highest BCUT2D eigenvalue weighted by molar-refractivity contribution is 5.96. The van der Waals surface area contributed by atoms with Gasteiger partial charge in [-0.05, 0) is 11.5 Å². The zero-order valence-corrected chi connectivity index (χ0v) is 11.9. The van der Waals surface area contributed by atoms with E-state index in [1.807, 2.05) is 42.5 Å². The number of hydrogen-bond donors (Lipinski definition) is 1. The van der Waals surface area contributed by atoms with E-state index in [-0.39, 0.29) is 12.3 Å². The number of ketones is 1. The number of benzene rings is 2. The predicted molar refractivity (Wildman–Crippen MR) is 83.4 cm³/mol. The second-order valence-electron chi connectivity index (χ2n) is 5.07. The van der Waals surface area contributed by atoms with Gasteiger partial charge in [0.2, 0.25) is 12.3 Å². The Hall–Kier alpha value is -3.01. The summed E-state index contributed by atoms with van der Waals surface area (Å²) in [6.45, 7) is 0.0765. The number of pyridine rings is 1. The molecule has 0 radical (unpaired) electrons. The molecular weight excluding hydrogens is 276 g/mol. The molecule has 4 heteroatoms. The zero-order valence-electron chi connectivity index (χ0n) is 11.9. The van der Waals surface area contributed by atoms with Gasteiger partial charge in [0.1, 0.15) is 0 Å². The topological polar surface area (TPSA) is 64.0 Å². The molecule has 0 spiro atoms. The summed E-state index contributed by atoms with van der Waals surface area (Å²) in [4.78, 5) is 24.0. The van der Waals surface area contributed by atoms with Crippen LogP contribution in [0.4, 0.5) is 0 Å². The smallest absolute Gasteiger partial charge is 0.313 e. The number of nitrogens with two attached hydrogens (primary N) is 1. The van der Waals surface area contributed by atoms with Crippen molar-refractivity contribution in [2.24, 2.45) is 5.73 Å². The maximum absolute atomic E-state index is 12.4. The van der Waals surface area contributed by atoms with Crippen molar-refractivity contribution >= 4 is 22.5 Å². The zero-order chi connectivity index (χ0) is 15.5. The lowest BCUT2D eigenvalue weighted by atomic mass is 10.1. The standard InChI is InChI=1S/C18H14N2O2/c19-18(22)16-10-14-8-4-5-9-15(14)11-20(16)12-17(21)13-6-2-1-3-7-13/h1-11H,12H2,(H-,19,22)/p+1. The summed E-state index contributed by atoms with van der Waals surface area (Å²) in [6, 6.07) is 18.4. The molecule has 22 heavy (non-hydrogen) atoms. The highest BCUT2D eigenvalue weighted by Gasteiger charge is 2.21. The first-order chi connectivity index (χ1) is 10.6. The third kappa shape index (κ3) is 2.72. The first kappa shape index (κ1) is 13.9. The second-order valence-corrected chi connectivity index (χ2v) is 5.07. The predicted octanol–water partition coefficient (Wildman–Crippen LogP) is 2.11. The summed E-state index contributed by atoms with van der Waals surface area (Å²) in [5.74, 6) is -0.616. The first-order valence-corrected chi connectivity index (χ1v) is 6.95. The first-order valence-electron chi connectivity index (χ1n) is 6.95. The Bertz CT molecular complexity index is 857. The molecule has 2 aromatic carbocycles. The van der Waals surface area contributed by atoms with Gasteiger partial charge in [-0.2, -0.15) is 4.57 Å². The molecule has 0 saturated heterocycles. The largest absolute Gasteiger partial charge is 0.360 e. The van der Waals surface area contributed by atoms with Crippen molar-refractivity contribution in [1.29, 1.82) is 0 Å². The fourth-order valence-corrected chi connectivity index (χ4v) is 2.44. The number of aromatic nitrogens is 1. The molecule has 4 nitrogen and oxygen atoms in total. The van der Waals surface area contributed by atoms with Crippen LogP contribution in [-0.2, 0) is 6.54 Å². The minimum Gasteiger partial charge on any atom is -0.360 e. The molecule has 0 aliphatic heterocycles. The van der Waals surface area contributed by atoms with Gasteiger partial charge in [-0.15, -0.1) is 0 Å². The molecule has 1 heterocycles. The third-order valence-electron chi connectivity index (χ3n) is 3.55. The van der Waals surface area contributed by atoms with Crippen molar-refractivity contribution in [2.75, 3.05) is 0 Å². The molecular formula is C18H15N2O2+. The van der Waals surface area contributed by atoms with E-state index in [1.54, 1.807) is 29.0 Å². The van der Waals surface area contributed by atoms with E-state index >= 15 is 0 Å². The molecule has 2 N–H and O–H groups in total. The number of hydrogen-bond acceptors (Lipinski definition) is 2. The number of nitrogens with zero attached hydrogens (tertiary/aromatic N) is 1. The van der Waals surface area contributed by atoms with Gasteiger partial charge in [-0.3, -0.25) is 9.59 Å². The lowest BCUT2D eigenvalue weighted by molar-refractivity contribution is -0.683. The molecule has 0 unspecified atom stereocenters. The molecule has 3 rings (SSSR count). The number of carbonyl (C=O) groups excluding carboxylic acids is 2. The fourth-order valence-electron chi connectivity index (χ4n) is 2.44. The number of amides is 1. The lowest BCUT2D eigenvalue weighted by Gasteiger charge is -2.04. The average Bonchev–Trinajstić information content (AvgIpc) is 2.54. The van der Waals surface area contributed by atoms with E-state index in [9.17, 15) is 9.59 Å². The van der Waals surface area contributed by atoms with Crippen LogP contribution in [0.5, 0.6) is 0 Å². The van der Waals surface area contributed by atoms with Crippen LogP contribution in [-0.4, -0.2) is 11.7 Å². The molecule has 0 aliphatic rings. The van der Waals surface area contributed by atoms with Gasteiger partial charge in [0.25, 0.3) is 5.69 Å². The molecule has 0 atom stereocenters. The van der Waals surface area contributed by atoms with Crippen molar-refractivity contribution < 1.29 is 14.2 Å². The maximum Gasteiger partial charge on any atom is 0.313 e. The summed E-state index contributed by atoms with van der Waals surface area (Å²) in [6.07, 6.45) is 1.79. The number of fused-ring (bicyclic) bond motifs is 1. The van der Waals surface area contributed by atoms with Gasteiger partial charge in [0.15, 0.2) is 6.20 Å². The molecule has 1 aromatic heterocycles. The van der Waals surface area contributed by atoms with Gasteiger partial charge in [-0.1, -0.05) is 48.5 Å². The van der Waals surface area contributed by atoms with Crippen molar-refractivity contribution in [2.45, 2.75) is 6.54 Å². The van der Waals surface area contributed by atoms with Crippen LogP contribution in [0, 0.1) is 0 Å². The SMILES string of the molecule is NC(=O)c1cc2ccccc2c[n+]1CC(=O)c1ccccc1. The Morgan fingerprint density at radius 3 is 2.23 bits per heavy atom. The Kier molecular flexibility index (Phi) is 3.66. The summed E-state index contributed by atoms with van der Waals surface area (Å²) in [7, 11) is 0. The van der Waals surface area contributed by atoms with Crippen LogP contribution in [0.25, 0.3) is 10.8 Å². The minimum absolute atomic E-state index is 0.0663. The normalized spacial score (nSPS) is 10.5. The molecule has 1 amide bonds. The van der Waals surface area contributed by atoms with Crippen LogP contribution in [0.15, 0.2) is 66.9 Å². The molecule has 0 saturated carbocycles. The Morgan fingerprint density at radius 1 is 0.909 bits per heavy atom. The van der Waals surface area contributed by atoms with E-state index in [0.717, 1.165) is 10.8 Å². The molecule has 0 fully saturated rings. The van der Waals surface area contributed by atoms with Crippen LogP contribution >= 0.6 is 0 Å². The number of carbonyl (C=O) groups is 2. The van der Waals surface area contributed by atoms with Gasteiger partial charge in [-0.25, -0.2) is 0 Å². The van der Waals surface area contributed by atoms with Gasteiger partial charge in [0, 0.05) is 17.0 Å². The summed E-state index contributed by atoms with van der Waals surface area (Å²) < 4.78 is 1.61. The molecule has 108 valence electrons. The van der Waals surface area contributed by atoms with Crippen LogP contribution in [0.1, 0.15) is 20.8 Å². The van der Waals surface area contributed by atoms with Crippen LogP contribution in [0.3, 0.4) is 0 Å². The number of primary amides is 1. The third-order valence-corrected chi connectivity index (χ3v) is 3.55. The Labute approximate surface area is 127 Å². The highest BCUT2D eigenvalue weighted by atomic mass is 16.1. The van der Waals surface area contributed by atoms with Gasteiger partial charge >= 0.3 is 5.91 Å². The van der Waals surface area contributed by atoms with Crippen molar-refractivity contribution in [3.05, 3.63) is 78.1 Å². The average molecular weight is 291 g/mol. The number of rotatable bonds is 4. The van der Waals surface area contributed by atoms with Crippen molar-refractivity contribution in [3.8, 4) is 0 Å². The minimum atomic E-state index is -0.549. The fraction of sp³-hybridized carbons (Fsp3) is 0.0556. The highest BCUT2D eigenvalue weighted by Crippen LogP contribution is 2.12. The van der Waals surface area contributed by atoms with E-state index in [0.29, 0.717) is 11.3 Å². The van der Waals surface area contributed by atoms with Gasteiger partial charge < -0.3 is 5.73 Å². The maximum atomic E-state index is 12.4. The Morgan fingerprint density at radius 2 is 1.55 bits per heavy atom. The van der Waals surface area contributed by atoms with E-state index in [4.69, 9.17) is 5.73 Å². The van der Waals surface area contributed by atoms with E-state index in [2.05, 4.69) is 0 Å². The molecule has 3 aromatic rings. The summed E-state index contributed by atoms with van der Waals surface area (Å²) in [5.41, 5.74) is 6.38. The number of Topliss-reactive ketones (excluding diaryl/α,β-unsaturated/α-hetero) is 1. The van der Waals surface area contributed by atoms with Crippen LogP contribution < -0.4 is 10.3 Å². The Balaban J connectivity index is 2.03. The van der Waals surface area contributed by atoms with E-state index in [1.165, 1.54) is 0 Å². The lowest BCUT2D eigenvalue weighted by Crippen LogP contribution is -2.45. The quantitative estimate of drug-likeness (QED) is 0.591. The second kappa shape index (κ2) is 5.77. The van der Waals surface area contributed by atoms with Crippen LogP contribution in [0.2, 0.25) is 0 Å². The van der Waals surface area contributed by atoms with E-state index < -0.39 is 5.91 Å².